The molecule has 0 radical (unpaired) electrons. The normalized spacial score (nSPS) is 10.1. The Balaban J connectivity index is 2.08. The number of aryl methyl sites for hydroxylation is 1. The van der Waals surface area contributed by atoms with Gasteiger partial charge in [-0.05, 0) is 29.7 Å². The Labute approximate surface area is 123 Å². The highest BCUT2D eigenvalue weighted by atomic mass is 16.4. The first kappa shape index (κ1) is 14.8. The monoisotopic (exact) mass is 283 g/mol. The van der Waals surface area contributed by atoms with Gasteiger partial charge in [0.05, 0.1) is 6.42 Å². The predicted molar refractivity (Wildman–Crippen MR) is 80.1 cm³/mol. The van der Waals surface area contributed by atoms with Gasteiger partial charge >= 0.3 is 5.97 Å². The minimum atomic E-state index is -0.882. The summed E-state index contributed by atoms with van der Waals surface area (Å²) in [4.78, 5) is 23.0. The fraction of sp³-hybridized carbons (Fsp3) is 0.176. The lowest BCUT2D eigenvalue weighted by Crippen LogP contribution is -2.24. The van der Waals surface area contributed by atoms with E-state index in [4.69, 9.17) is 5.11 Å². The lowest BCUT2D eigenvalue weighted by Gasteiger charge is -2.10. The van der Waals surface area contributed by atoms with Crippen molar-refractivity contribution in [3.63, 3.8) is 0 Å². The molecule has 108 valence electrons. The third-order valence-electron chi connectivity index (χ3n) is 3.29. The van der Waals surface area contributed by atoms with Gasteiger partial charge in [-0.15, -0.1) is 0 Å². The molecular weight excluding hydrogens is 266 g/mol. The van der Waals surface area contributed by atoms with Crippen LogP contribution in [-0.4, -0.2) is 17.0 Å². The van der Waals surface area contributed by atoms with E-state index in [1.54, 1.807) is 18.2 Å². The van der Waals surface area contributed by atoms with Crippen molar-refractivity contribution in [2.24, 2.45) is 0 Å². The molecule has 0 aromatic heterocycles. The number of amides is 1. The lowest BCUT2D eigenvalue weighted by atomic mass is 10.0. The van der Waals surface area contributed by atoms with Crippen LogP contribution in [0.2, 0.25) is 0 Å². The van der Waals surface area contributed by atoms with E-state index in [1.165, 1.54) is 0 Å². The van der Waals surface area contributed by atoms with Crippen molar-refractivity contribution in [3.05, 3.63) is 70.8 Å². The van der Waals surface area contributed by atoms with Gasteiger partial charge < -0.3 is 10.4 Å². The molecule has 0 spiro atoms. The summed E-state index contributed by atoms with van der Waals surface area (Å²) >= 11 is 0. The molecule has 0 aliphatic heterocycles. The van der Waals surface area contributed by atoms with Gasteiger partial charge in [-0.1, -0.05) is 42.5 Å². The van der Waals surface area contributed by atoms with Crippen LogP contribution in [0, 0.1) is 6.92 Å². The number of aliphatic carboxylic acids is 1. The van der Waals surface area contributed by atoms with E-state index in [9.17, 15) is 9.59 Å². The van der Waals surface area contributed by atoms with Crippen molar-refractivity contribution in [3.8, 4) is 0 Å². The van der Waals surface area contributed by atoms with Crippen LogP contribution in [0.15, 0.2) is 48.5 Å². The molecule has 0 unspecified atom stereocenters. The highest BCUT2D eigenvalue weighted by molar-refractivity contribution is 5.95. The van der Waals surface area contributed by atoms with E-state index in [-0.39, 0.29) is 12.3 Å². The molecule has 0 saturated carbocycles. The lowest BCUT2D eigenvalue weighted by molar-refractivity contribution is -0.136. The molecule has 0 bridgehead atoms. The molecule has 0 saturated heterocycles. The summed E-state index contributed by atoms with van der Waals surface area (Å²) in [6.45, 7) is 2.20. The second-order valence-corrected chi connectivity index (χ2v) is 4.84. The molecule has 0 heterocycles. The van der Waals surface area contributed by atoms with Crippen LogP contribution >= 0.6 is 0 Å². The SMILES string of the molecule is Cc1ccccc1C(=O)NCc1ccccc1CC(=O)O. The van der Waals surface area contributed by atoms with Crippen molar-refractivity contribution >= 4 is 11.9 Å². The molecule has 0 aliphatic carbocycles. The first-order valence-corrected chi connectivity index (χ1v) is 6.70. The zero-order chi connectivity index (χ0) is 15.2. The maximum absolute atomic E-state index is 12.1. The topological polar surface area (TPSA) is 66.4 Å². The highest BCUT2D eigenvalue weighted by Gasteiger charge is 2.10. The quantitative estimate of drug-likeness (QED) is 0.886. The van der Waals surface area contributed by atoms with Gasteiger partial charge in [-0.25, -0.2) is 0 Å². The van der Waals surface area contributed by atoms with Crippen LogP contribution < -0.4 is 5.32 Å². The Morgan fingerprint density at radius 2 is 1.62 bits per heavy atom. The van der Waals surface area contributed by atoms with E-state index in [0.29, 0.717) is 12.1 Å². The summed E-state index contributed by atoms with van der Waals surface area (Å²) in [7, 11) is 0. The summed E-state index contributed by atoms with van der Waals surface area (Å²) in [5.74, 6) is -1.04. The largest absolute Gasteiger partial charge is 0.481 e. The van der Waals surface area contributed by atoms with Gasteiger partial charge in [0.25, 0.3) is 5.91 Å². The van der Waals surface area contributed by atoms with E-state index < -0.39 is 5.97 Å². The van der Waals surface area contributed by atoms with Crippen LogP contribution in [0.5, 0.6) is 0 Å². The summed E-state index contributed by atoms with van der Waals surface area (Å²) in [5.41, 5.74) is 3.08. The molecule has 4 heteroatoms. The molecule has 0 aliphatic rings. The zero-order valence-corrected chi connectivity index (χ0v) is 11.8. The molecule has 0 fully saturated rings. The predicted octanol–water partition coefficient (Wildman–Crippen LogP) is 2.55. The Hall–Kier alpha value is -2.62. The van der Waals surface area contributed by atoms with Gasteiger partial charge in [0.2, 0.25) is 0 Å². The number of carbonyl (C=O) groups excluding carboxylic acids is 1. The number of hydrogen-bond acceptors (Lipinski definition) is 2. The van der Waals surface area contributed by atoms with Crippen molar-refractivity contribution in [1.82, 2.24) is 5.32 Å². The van der Waals surface area contributed by atoms with E-state index in [2.05, 4.69) is 5.32 Å². The Bertz CT molecular complexity index is 665. The first-order chi connectivity index (χ1) is 10.1. The molecule has 0 atom stereocenters. The molecule has 2 aromatic carbocycles. The summed E-state index contributed by atoms with van der Waals surface area (Å²) < 4.78 is 0. The smallest absolute Gasteiger partial charge is 0.307 e. The standard InChI is InChI=1S/C17H17NO3/c1-12-6-2-5-9-15(12)17(21)18-11-14-8-4-3-7-13(14)10-16(19)20/h2-9H,10-11H2,1H3,(H,18,21)(H,19,20). The minimum absolute atomic E-state index is 0.0452. The summed E-state index contributed by atoms with van der Waals surface area (Å²) in [6.07, 6.45) is -0.0452. The Kier molecular flexibility index (Phi) is 4.72. The van der Waals surface area contributed by atoms with Crippen LogP contribution in [-0.2, 0) is 17.8 Å². The minimum Gasteiger partial charge on any atom is -0.481 e. The number of benzene rings is 2. The highest BCUT2D eigenvalue weighted by Crippen LogP contribution is 2.11. The van der Waals surface area contributed by atoms with E-state index in [0.717, 1.165) is 16.7 Å². The van der Waals surface area contributed by atoms with E-state index >= 15 is 0 Å². The average Bonchev–Trinajstić information content (AvgIpc) is 2.46. The van der Waals surface area contributed by atoms with Gasteiger partial charge in [-0.3, -0.25) is 9.59 Å². The fourth-order valence-corrected chi connectivity index (χ4v) is 2.16. The third-order valence-corrected chi connectivity index (χ3v) is 3.29. The van der Waals surface area contributed by atoms with Crippen molar-refractivity contribution < 1.29 is 14.7 Å². The summed E-state index contributed by atoms with van der Waals surface area (Å²) in [6, 6.07) is 14.6. The van der Waals surface area contributed by atoms with Gasteiger partial charge in [0.15, 0.2) is 0 Å². The van der Waals surface area contributed by atoms with Crippen molar-refractivity contribution in [1.29, 1.82) is 0 Å². The number of rotatable bonds is 5. The van der Waals surface area contributed by atoms with Crippen LogP contribution in [0.25, 0.3) is 0 Å². The van der Waals surface area contributed by atoms with Gasteiger partial charge in [0, 0.05) is 12.1 Å². The fourth-order valence-electron chi connectivity index (χ4n) is 2.16. The first-order valence-electron chi connectivity index (χ1n) is 6.70. The van der Waals surface area contributed by atoms with Crippen LogP contribution in [0.3, 0.4) is 0 Å². The van der Waals surface area contributed by atoms with Crippen molar-refractivity contribution in [2.45, 2.75) is 19.9 Å². The number of carbonyl (C=O) groups is 2. The zero-order valence-electron chi connectivity index (χ0n) is 11.8. The number of carboxylic acids is 1. The third kappa shape index (κ3) is 3.92. The van der Waals surface area contributed by atoms with Gasteiger partial charge in [0.1, 0.15) is 0 Å². The second kappa shape index (κ2) is 6.70. The van der Waals surface area contributed by atoms with Gasteiger partial charge in [-0.2, -0.15) is 0 Å². The molecule has 2 rings (SSSR count). The molecule has 1 amide bonds. The molecule has 2 N–H and O–H groups in total. The second-order valence-electron chi connectivity index (χ2n) is 4.84. The van der Waals surface area contributed by atoms with Crippen molar-refractivity contribution in [2.75, 3.05) is 0 Å². The molecule has 21 heavy (non-hydrogen) atoms. The number of hydrogen-bond donors (Lipinski definition) is 2. The Morgan fingerprint density at radius 3 is 2.29 bits per heavy atom. The molecular formula is C17H17NO3. The molecule has 2 aromatic rings. The maximum atomic E-state index is 12.1. The summed E-state index contributed by atoms with van der Waals surface area (Å²) in [5, 5.41) is 11.7. The molecule has 4 nitrogen and oxygen atoms in total. The maximum Gasteiger partial charge on any atom is 0.307 e. The van der Waals surface area contributed by atoms with E-state index in [1.807, 2.05) is 37.3 Å². The number of nitrogens with one attached hydrogen (secondary N) is 1. The van der Waals surface area contributed by atoms with Crippen LogP contribution in [0.4, 0.5) is 0 Å². The number of carboxylic acid groups (broad SMARTS) is 1. The average molecular weight is 283 g/mol. The Morgan fingerprint density at radius 1 is 1.00 bits per heavy atom. The van der Waals surface area contributed by atoms with Crippen LogP contribution in [0.1, 0.15) is 27.0 Å².